The highest BCUT2D eigenvalue weighted by molar-refractivity contribution is 6.77. The summed E-state index contributed by atoms with van der Waals surface area (Å²) in [7, 11) is -1.52. The normalized spacial score (nSPS) is 13.9. The summed E-state index contributed by atoms with van der Waals surface area (Å²) < 4.78 is 6.72. The van der Waals surface area contributed by atoms with E-state index in [0.29, 0.717) is 0 Å². The van der Waals surface area contributed by atoms with Gasteiger partial charge in [0.25, 0.3) is 0 Å². The minimum atomic E-state index is -1.52. The van der Waals surface area contributed by atoms with E-state index in [1.165, 1.54) is 36.0 Å². The summed E-state index contributed by atoms with van der Waals surface area (Å²) in [6.07, 6.45) is 8.12. The zero-order chi connectivity index (χ0) is 19.7. The molecule has 2 heteroatoms. The van der Waals surface area contributed by atoms with Gasteiger partial charge in [-0.15, -0.1) is 6.58 Å². The molecule has 2 aromatic carbocycles. The molecule has 0 amide bonds. The second kappa shape index (κ2) is 10.6. The van der Waals surface area contributed by atoms with E-state index in [2.05, 4.69) is 87.7 Å². The van der Waals surface area contributed by atoms with Crippen LogP contribution in [0.15, 0.2) is 67.3 Å². The van der Waals surface area contributed by atoms with Crippen LogP contribution in [0.5, 0.6) is 0 Å². The highest BCUT2D eigenvalue weighted by Crippen LogP contribution is 2.33. The molecule has 0 fully saturated rings. The molecule has 0 aliphatic carbocycles. The van der Waals surface area contributed by atoms with Gasteiger partial charge in [-0.05, 0) is 29.5 Å². The summed E-state index contributed by atoms with van der Waals surface area (Å²) in [5, 5.41) is 0. The SMILES string of the molecule is C=CC[C@@H](CCCCC)O[C@H](c1ccc(-c2ccccc2)cc1)[Si](C)(C)C. The van der Waals surface area contributed by atoms with Gasteiger partial charge < -0.3 is 4.74 Å². The van der Waals surface area contributed by atoms with Crippen LogP contribution in [0.2, 0.25) is 19.6 Å². The maximum absolute atomic E-state index is 6.72. The Kier molecular flexibility index (Phi) is 8.52. The van der Waals surface area contributed by atoms with Crippen molar-refractivity contribution in [3.8, 4) is 11.1 Å². The molecular formula is C25H36OSi. The molecule has 27 heavy (non-hydrogen) atoms. The molecule has 0 aliphatic rings. The molecule has 2 aromatic rings. The summed E-state index contributed by atoms with van der Waals surface area (Å²) in [4.78, 5) is 0. The maximum Gasteiger partial charge on any atom is 0.0842 e. The van der Waals surface area contributed by atoms with Gasteiger partial charge in [-0.2, -0.15) is 0 Å². The lowest BCUT2D eigenvalue weighted by atomic mass is 10.0. The zero-order valence-electron chi connectivity index (χ0n) is 17.6. The zero-order valence-corrected chi connectivity index (χ0v) is 18.6. The van der Waals surface area contributed by atoms with Crippen LogP contribution in [0.1, 0.15) is 50.3 Å². The predicted molar refractivity (Wildman–Crippen MR) is 122 cm³/mol. The number of unbranched alkanes of at least 4 members (excludes halogenated alkanes) is 2. The Morgan fingerprint density at radius 3 is 2.11 bits per heavy atom. The smallest absolute Gasteiger partial charge is 0.0842 e. The van der Waals surface area contributed by atoms with Gasteiger partial charge in [-0.3, -0.25) is 0 Å². The Bertz CT molecular complexity index is 670. The first kappa shape index (κ1) is 21.7. The van der Waals surface area contributed by atoms with E-state index in [1.807, 2.05) is 6.08 Å². The van der Waals surface area contributed by atoms with Crippen LogP contribution in [0.25, 0.3) is 11.1 Å². The third kappa shape index (κ3) is 6.79. The third-order valence-corrected chi connectivity index (χ3v) is 7.04. The lowest BCUT2D eigenvalue weighted by Crippen LogP contribution is -2.35. The van der Waals surface area contributed by atoms with Crippen molar-refractivity contribution in [2.75, 3.05) is 0 Å². The Labute approximate surface area is 167 Å². The van der Waals surface area contributed by atoms with E-state index in [4.69, 9.17) is 4.74 Å². The Hall–Kier alpha value is -1.64. The molecule has 0 N–H and O–H groups in total. The molecule has 0 aliphatic heterocycles. The van der Waals surface area contributed by atoms with Gasteiger partial charge in [-0.1, -0.05) is 107 Å². The highest BCUT2D eigenvalue weighted by atomic mass is 28.3. The molecule has 0 heterocycles. The second-order valence-electron chi connectivity index (χ2n) is 8.51. The second-order valence-corrected chi connectivity index (χ2v) is 13.8. The highest BCUT2D eigenvalue weighted by Gasteiger charge is 2.31. The monoisotopic (exact) mass is 380 g/mol. The molecule has 2 rings (SSSR count). The quantitative estimate of drug-likeness (QED) is 0.219. The van der Waals surface area contributed by atoms with Gasteiger partial charge in [-0.25, -0.2) is 0 Å². The maximum atomic E-state index is 6.72. The van der Waals surface area contributed by atoms with Crippen LogP contribution in [-0.4, -0.2) is 14.2 Å². The lowest BCUT2D eigenvalue weighted by Gasteiger charge is -2.33. The molecule has 0 saturated carbocycles. The lowest BCUT2D eigenvalue weighted by molar-refractivity contribution is 0.0195. The van der Waals surface area contributed by atoms with E-state index in [1.54, 1.807) is 0 Å². The van der Waals surface area contributed by atoms with Crippen LogP contribution in [0.3, 0.4) is 0 Å². The van der Waals surface area contributed by atoms with Crippen LogP contribution >= 0.6 is 0 Å². The summed E-state index contributed by atoms with van der Waals surface area (Å²) in [6, 6.07) is 19.6. The van der Waals surface area contributed by atoms with Crippen LogP contribution < -0.4 is 0 Å². The van der Waals surface area contributed by atoms with Gasteiger partial charge in [0.1, 0.15) is 0 Å². The van der Waals surface area contributed by atoms with E-state index in [-0.39, 0.29) is 11.8 Å². The number of hydrogen-bond acceptors (Lipinski definition) is 1. The van der Waals surface area contributed by atoms with Crippen molar-refractivity contribution in [2.45, 2.75) is 70.5 Å². The molecule has 0 bridgehead atoms. The molecule has 0 unspecified atom stereocenters. The van der Waals surface area contributed by atoms with E-state index in [9.17, 15) is 0 Å². The fourth-order valence-electron chi connectivity index (χ4n) is 3.51. The van der Waals surface area contributed by atoms with Crippen molar-refractivity contribution in [2.24, 2.45) is 0 Å². The average Bonchev–Trinajstić information content (AvgIpc) is 2.66. The van der Waals surface area contributed by atoms with Gasteiger partial charge in [0.2, 0.25) is 0 Å². The van der Waals surface area contributed by atoms with Crippen molar-refractivity contribution in [3.63, 3.8) is 0 Å². The van der Waals surface area contributed by atoms with E-state index >= 15 is 0 Å². The Morgan fingerprint density at radius 1 is 0.926 bits per heavy atom. The number of benzene rings is 2. The van der Waals surface area contributed by atoms with Crippen LogP contribution in [0.4, 0.5) is 0 Å². The molecule has 0 radical (unpaired) electrons. The van der Waals surface area contributed by atoms with Crippen molar-refractivity contribution in [1.82, 2.24) is 0 Å². The number of rotatable bonds is 11. The summed E-state index contributed by atoms with van der Waals surface area (Å²) in [6.45, 7) is 13.4. The predicted octanol–water partition coefficient (Wildman–Crippen LogP) is 7.81. The van der Waals surface area contributed by atoms with Crippen molar-refractivity contribution in [3.05, 3.63) is 72.8 Å². The van der Waals surface area contributed by atoms with Gasteiger partial charge in [0.15, 0.2) is 0 Å². The minimum Gasteiger partial charge on any atom is -0.374 e. The molecule has 0 spiro atoms. The summed E-state index contributed by atoms with van der Waals surface area (Å²) >= 11 is 0. The summed E-state index contributed by atoms with van der Waals surface area (Å²) in [5.74, 6) is 0. The average molecular weight is 381 g/mol. The fraction of sp³-hybridized carbons (Fsp3) is 0.440. The summed E-state index contributed by atoms with van der Waals surface area (Å²) in [5.41, 5.74) is 4.06. The van der Waals surface area contributed by atoms with Crippen LogP contribution in [0, 0.1) is 0 Å². The first-order chi connectivity index (χ1) is 13.0. The van der Waals surface area contributed by atoms with Crippen molar-refractivity contribution >= 4 is 8.07 Å². The molecule has 0 saturated heterocycles. The van der Waals surface area contributed by atoms with Crippen molar-refractivity contribution in [1.29, 1.82) is 0 Å². The Balaban J connectivity index is 2.18. The molecule has 0 aromatic heterocycles. The first-order valence-corrected chi connectivity index (χ1v) is 13.9. The minimum absolute atomic E-state index is 0.217. The van der Waals surface area contributed by atoms with Crippen LogP contribution in [-0.2, 0) is 4.74 Å². The van der Waals surface area contributed by atoms with E-state index in [0.717, 1.165) is 12.8 Å². The van der Waals surface area contributed by atoms with Gasteiger partial charge in [0.05, 0.1) is 19.9 Å². The third-order valence-electron chi connectivity index (χ3n) is 4.99. The number of ether oxygens (including phenoxy) is 1. The number of hydrogen-bond donors (Lipinski definition) is 0. The largest absolute Gasteiger partial charge is 0.374 e. The molecular weight excluding hydrogens is 344 g/mol. The Morgan fingerprint density at radius 2 is 1.56 bits per heavy atom. The van der Waals surface area contributed by atoms with Crippen molar-refractivity contribution < 1.29 is 4.74 Å². The van der Waals surface area contributed by atoms with E-state index < -0.39 is 8.07 Å². The standard InChI is InChI=1S/C25H36OSi/c1-6-8-10-16-24(13-7-2)26-25(27(3,4)5)23-19-17-22(18-20-23)21-14-11-9-12-15-21/h7,9,11-12,14-15,17-20,24-25H,2,6,8,10,13,16H2,1,3-5H3/t24-,25-/m0/s1. The molecule has 2 atom stereocenters. The topological polar surface area (TPSA) is 9.23 Å². The van der Waals surface area contributed by atoms with Gasteiger partial charge in [0, 0.05) is 0 Å². The molecule has 1 nitrogen and oxygen atoms in total. The first-order valence-electron chi connectivity index (χ1n) is 10.4. The molecule has 146 valence electrons. The fourth-order valence-corrected chi connectivity index (χ4v) is 5.30. The van der Waals surface area contributed by atoms with Gasteiger partial charge >= 0.3 is 0 Å².